The lowest BCUT2D eigenvalue weighted by molar-refractivity contribution is -0.308. The van der Waals surface area contributed by atoms with Crippen LogP contribution in [0.5, 0.6) is 0 Å². The van der Waals surface area contributed by atoms with Crippen LogP contribution in [0.4, 0.5) is 49.1 Å². The van der Waals surface area contributed by atoms with E-state index in [0.717, 1.165) is 24.3 Å². The Labute approximate surface area is 331 Å². The van der Waals surface area contributed by atoms with Crippen LogP contribution in [-0.2, 0) is 33.0 Å². The number of ether oxygens (including phenoxy) is 2. The zero-order chi connectivity index (χ0) is 42.6. The van der Waals surface area contributed by atoms with Crippen molar-refractivity contribution in [1.82, 2.24) is 20.4 Å². The molecule has 6 aromatic rings. The second-order valence-corrected chi connectivity index (χ2v) is 13.7. The van der Waals surface area contributed by atoms with Gasteiger partial charge in [0.15, 0.2) is 17.0 Å². The number of nitrogens with zero attached hydrogens (tertiary/aromatic N) is 4. The lowest BCUT2D eigenvalue weighted by atomic mass is 10.1. The van der Waals surface area contributed by atoms with Gasteiger partial charge in [0.1, 0.15) is 0 Å². The highest BCUT2D eigenvalue weighted by atomic mass is 19.4. The molecule has 0 radical (unpaired) electrons. The molecule has 7 rings (SSSR count). The maximum atomic E-state index is 12.8. The van der Waals surface area contributed by atoms with Crippen molar-refractivity contribution in [1.29, 1.82) is 0 Å². The molecule has 3 heterocycles. The monoisotopic (exact) mass is 830 g/mol. The fourth-order valence-electron chi connectivity index (χ4n) is 5.37. The van der Waals surface area contributed by atoms with Gasteiger partial charge >= 0.3 is 12.4 Å². The number of aromatic nitrogens is 4. The summed E-state index contributed by atoms with van der Waals surface area (Å²) in [6.07, 6.45) is -8.83. The minimum atomic E-state index is -4.42. The van der Waals surface area contributed by atoms with Crippen molar-refractivity contribution >= 4 is 22.7 Å². The van der Waals surface area contributed by atoms with Crippen molar-refractivity contribution in [2.75, 3.05) is 37.1 Å². The van der Waals surface area contributed by atoms with Gasteiger partial charge in [0.2, 0.25) is 11.8 Å². The van der Waals surface area contributed by atoms with E-state index in [9.17, 15) is 46.8 Å². The lowest BCUT2D eigenvalue weighted by Gasteiger charge is -2.38. The fourth-order valence-corrected chi connectivity index (χ4v) is 5.37. The molecule has 1 fully saturated rings. The van der Waals surface area contributed by atoms with E-state index in [1.165, 1.54) is 24.3 Å². The summed E-state index contributed by atoms with van der Waals surface area (Å²) in [7, 11) is 0. The molecule has 4 aromatic carbocycles. The lowest BCUT2D eigenvalue weighted by Crippen LogP contribution is -2.49. The van der Waals surface area contributed by atoms with Crippen molar-refractivity contribution in [2.45, 2.75) is 43.2 Å². The van der Waals surface area contributed by atoms with Crippen LogP contribution in [0.3, 0.4) is 0 Å². The molecule has 59 heavy (non-hydrogen) atoms. The predicted octanol–water partition coefficient (Wildman–Crippen LogP) is 7.14. The Kier molecular flexibility index (Phi) is 12.1. The van der Waals surface area contributed by atoms with Gasteiger partial charge in [-0.25, -0.2) is 0 Å². The number of para-hydroxylation sites is 2. The van der Waals surface area contributed by atoms with Crippen LogP contribution in [0, 0.1) is 0 Å². The number of aliphatic hydroxyl groups excluding tert-OH is 2. The van der Waals surface area contributed by atoms with Gasteiger partial charge in [-0.1, -0.05) is 24.3 Å². The third-order valence-corrected chi connectivity index (χ3v) is 8.78. The van der Waals surface area contributed by atoms with Gasteiger partial charge in [0, 0.05) is 11.4 Å². The van der Waals surface area contributed by atoms with E-state index in [-0.39, 0.29) is 36.8 Å². The number of nitrogens with one attached hydrogen (secondary N) is 2. The first-order chi connectivity index (χ1) is 27.8. The first kappa shape index (κ1) is 42.7. The summed E-state index contributed by atoms with van der Waals surface area (Å²) in [5, 5.41) is 60.7. The maximum absolute atomic E-state index is 12.8. The Morgan fingerprint density at radius 3 is 1.47 bits per heavy atom. The van der Waals surface area contributed by atoms with Gasteiger partial charge in [-0.05, 0) is 86.6 Å². The smallest absolute Gasteiger partial charge is 0.416 e. The molecule has 1 aliphatic heterocycles. The van der Waals surface area contributed by atoms with Crippen molar-refractivity contribution in [3.63, 3.8) is 0 Å². The standard InChI is InChI=1S/C21H20F3N3O4.C18H16F3N3O4/c1-19(2)29-11-20(28,12-30-19)18-27-26-17(31-18)15-5-3-4-6-16(15)25-14-9-7-13(8-10-14)21(22,23)24;19-18(20,21)11-5-7-12(8-6-11)22-14-4-2-1-3-13(14)15-23-24-16(28-15)17(27,9-25)10-26/h3-10,25,28H,11-12H2,1-2H3;1-8,22,25-27H,9-10H2. The van der Waals surface area contributed by atoms with Crippen LogP contribution in [0.2, 0.25) is 0 Å². The number of halogens is 6. The largest absolute Gasteiger partial charge is 0.417 e. The molecule has 0 amide bonds. The molecule has 0 unspecified atom stereocenters. The summed E-state index contributed by atoms with van der Waals surface area (Å²) in [6.45, 7) is 1.66. The zero-order valence-corrected chi connectivity index (χ0v) is 31.0. The van der Waals surface area contributed by atoms with E-state index in [4.69, 9.17) is 18.3 Å². The van der Waals surface area contributed by atoms with E-state index in [0.29, 0.717) is 33.9 Å². The van der Waals surface area contributed by atoms with Crippen molar-refractivity contribution in [3.8, 4) is 22.9 Å². The number of aliphatic hydroxyl groups is 4. The fraction of sp³-hybridized carbons (Fsp3) is 0.282. The summed E-state index contributed by atoms with van der Waals surface area (Å²) in [4.78, 5) is 0. The van der Waals surface area contributed by atoms with Gasteiger partial charge in [0.25, 0.3) is 11.8 Å². The number of rotatable bonds is 10. The quantitative estimate of drug-likeness (QED) is 0.0761. The highest BCUT2D eigenvalue weighted by Crippen LogP contribution is 2.37. The van der Waals surface area contributed by atoms with Crippen LogP contribution in [0.25, 0.3) is 22.9 Å². The molecular weight excluding hydrogens is 794 g/mol. The minimum absolute atomic E-state index is 0.00895. The van der Waals surface area contributed by atoms with Crippen LogP contribution < -0.4 is 10.6 Å². The highest BCUT2D eigenvalue weighted by Gasteiger charge is 2.44. The molecule has 1 aliphatic rings. The zero-order valence-electron chi connectivity index (χ0n) is 31.0. The van der Waals surface area contributed by atoms with E-state index >= 15 is 0 Å². The molecule has 20 heteroatoms. The molecule has 0 aliphatic carbocycles. The summed E-state index contributed by atoms with van der Waals surface area (Å²) >= 11 is 0. The Morgan fingerprint density at radius 2 is 1.03 bits per heavy atom. The molecule has 0 bridgehead atoms. The molecule has 0 spiro atoms. The molecular formula is C39H36F6N6O8. The maximum Gasteiger partial charge on any atom is 0.416 e. The van der Waals surface area contributed by atoms with E-state index in [1.807, 2.05) is 0 Å². The number of alkyl halides is 6. The van der Waals surface area contributed by atoms with Crippen molar-refractivity contribution < 1.29 is 65.1 Å². The minimum Gasteiger partial charge on any atom is -0.417 e. The average molecular weight is 831 g/mol. The van der Waals surface area contributed by atoms with Crippen LogP contribution in [0.15, 0.2) is 106 Å². The second-order valence-electron chi connectivity index (χ2n) is 13.7. The molecule has 2 aromatic heterocycles. The first-order valence-corrected chi connectivity index (χ1v) is 17.5. The predicted molar refractivity (Wildman–Crippen MR) is 197 cm³/mol. The van der Waals surface area contributed by atoms with Gasteiger partial charge in [-0.3, -0.25) is 0 Å². The van der Waals surface area contributed by atoms with E-state index in [1.54, 1.807) is 62.4 Å². The van der Waals surface area contributed by atoms with Gasteiger partial charge in [-0.15, -0.1) is 20.4 Å². The van der Waals surface area contributed by atoms with Gasteiger partial charge in [0.05, 0.1) is 60.1 Å². The second kappa shape index (κ2) is 16.8. The Hall–Kier alpha value is -5.90. The third kappa shape index (κ3) is 10.0. The molecule has 0 saturated carbocycles. The van der Waals surface area contributed by atoms with E-state index in [2.05, 4.69) is 31.0 Å². The Bertz CT molecular complexity index is 2320. The van der Waals surface area contributed by atoms with Gasteiger partial charge < -0.3 is 49.4 Å². The normalized spacial score (nSPS) is 15.3. The Balaban J connectivity index is 0.000000199. The van der Waals surface area contributed by atoms with Crippen LogP contribution in [0.1, 0.15) is 36.8 Å². The van der Waals surface area contributed by atoms with Crippen LogP contribution >= 0.6 is 0 Å². The van der Waals surface area contributed by atoms with Crippen molar-refractivity contribution in [3.05, 3.63) is 120 Å². The molecule has 0 atom stereocenters. The summed E-state index contributed by atoms with van der Waals surface area (Å²) in [5.41, 5.74) is -2.37. The molecule has 1 saturated heterocycles. The average Bonchev–Trinajstić information content (AvgIpc) is 3.92. The summed E-state index contributed by atoms with van der Waals surface area (Å²) in [6, 6.07) is 22.7. The molecule has 14 nitrogen and oxygen atoms in total. The summed E-state index contributed by atoms with van der Waals surface area (Å²) < 4.78 is 98.4. The molecule has 6 N–H and O–H groups in total. The number of benzene rings is 4. The van der Waals surface area contributed by atoms with E-state index < -0.39 is 53.7 Å². The topological polar surface area (TPSA) is 201 Å². The first-order valence-electron chi connectivity index (χ1n) is 17.5. The SMILES string of the molecule is CC1(C)OCC(O)(c2nnc(-c3ccccc3Nc3ccc(C(F)(F)F)cc3)o2)CO1.OCC(O)(CO)c1nnc(-c2ccccc2Nc2ccc(C(F)(F)F)cc2)o1. The number of hydrogen-bond donors (Lipinski definition) is 6. The van der Waals surface area contributed by atoms with Crippen LogP contribution in [-0.4, -0.2) is 73.0 Å². The Morgan fingerprint density at radius 1 is 0.610 bits per heavy atom. The van der Waals surface area contributed by atoms with Crippen molar-refractivity contribution in [2.24, 2.45) is 0 Å². The summed E-state index contributed by atoms with van der Waals surface area (Å²) in [5.74, 6) is -1.12. The number of hydrogen-bond acceptors (Lipinski definition) is 14. The van der Waals surface area contributed by atoms with Gasteiger partial charge in [-0.2, -0.15) is 26.3 Å². The third-order valence-electron chi connectivity index (χ3n) is 8.78. The highest BCUT2D eigenvalue weighted by molar-refractivity contribution is 5.78. The molecule has 312 valence electrons. The number of anilines is 4.